The Morgan fingerprint density at radius 3 is 1.32 bits per heavy atom. The molecule has 3 rings (SSSR count). The summed E-state index contributed by atoms with van der Waals surface area (Å²) in [4.78, 5) is 13.3. The molecule has 0 aliphatic rings. The van der Waals surface area contributed by atoms with Crippen LogP contribution in [0.1, 0.15) is 19.3 Å². The molecule has 0 fully saturated rings. The fourth-order valence-electron chi connectivity index (χ4n) is 4.01. The number of carbonyl (C=O) groups is 1. The molecule has 0 saturated carbocycles. The Morgan fingerprint density at radius 1 is 0.676 bits per heavy atom. The largest absolute Gasteiger partial charge is 1.00 e. The van der Waals surface area contributed by atoms with Crippen LogP contribution in [-0.2, 0) is 4.79 Å². The summed E-state index contributed by atoms with van der Waals surface area (Å²) in [6.45, 7) is 0.100. The number of benzene rings is 3. The Bertz CT molecular complexity index is 905. The number of rotatable bonds is 12. The van der Waals surface area contributed by atoms with E-state index < -0.39 is 7.26 Å². The zero-order valence-corrected chi connectivity index (χ0v) is 21.5. The average molecular weight is 503 g/mol. The van der Waals surface area contributed by atoms with Crippen LogP contribution >= 0.6 is 7.26 Å². The third-order valence-corrected chi connectivity index (χ3v) is 10.2. The van der Waals surface area contributed by atoms with Crippen LogP contribution in [0.2, 0.25) is 0 Å². The Labute approximate surface area is 208 Å². The topological polar surface area (TPSA) is 65.0 Å². The molecule has 0 atom stereocenters. The molecule has 34 heavy (non-hydrogen) atoms. The molecule has 0 saturated heterocycles. The highest BCUT2D eigenvalue weighted by Crippen LogP contribution is 2.56. The molecule has 5 nitrogen and oxygen atoms in total. The van der Waals surface area contributed by atoms with E-state index in [-0.39, 0.29) is 24.8 Å². The monoisotopic (exact) mass is 502 g/mol. The van der Waals surface area contributed by atoms with Crippen LogP contribution in [0.3, 0.4) is 0 Å². The van der Waals surface area contributed by atoms with Crippen molar-refractivity contribution < 1.29 is 36.5 Å². The van der Waals surface area contributed by atoms with Crippen LogP contribution < -0.4 is 42.5 Å². The Hall–Kier alpha value is -2.59. The van der Waals surface area contributed by atoms with Crippen LogP contribution in [0, 0.1) is 0 Å². The maximum atomic E-state index is 13.3. The SMILES string of the molecule is COc1ccc([P+](CC(=O)CCCCO)(c2ccc(OC)cc2)c2ccc(OC)cc2)cc1.[Cl-]. The summed E-state index contributed by atoms with van der Waals surface area (Å²) in [6.07, 6.45) is 2.17. The minimum Gasteiger partial charge on any atom is -1.00 e. The standard InChI is InChI=1S/C27H32O5P.ClH/c1-30-22-7-13-25(14-8-22)33(20-21(29)6-4-5-19-28,26-15-9-23(31-2)10-16-26)27-17-11-24(32-3)12-18-27;/h7-18,28H,4-6,19-20H2,1-3H3;1H/q+1;/p-1. The maximum absolute atomic E-state index is 13.3. The number of aliphatic hydroxyl groups excluding tert-OH is 1. The number of hydrogen-bond acceptors (Lipinski definition) is 5. The summed E-state index contributed by atoms with van der Waals surface area (Å²) in [5, 5.41) is 12.5. The number of halogens is 1. The molecule has 0 amide bonds. The third kappa shape index (κ3) is 6.29. The van der Waals surface area contributed by atoms with E-state index in [1.54, 1.807) is 21.3 Å². The number of aliphatic hydroxyl groups is 1. The van der Waals surface area contributed by atoms with E-state index in [1.165, 1.54) is 0 Å². The van der Waals surface area contributed by atoms with Crippen molar-refractivity contribution in [3.8, 4) is 17.2 Å². The molecular weight excluding hydrogens is 471 g/mol. The summed E-state index contributed by atoms with van der Waals surface area (Å²) < 4.78 is 16.2. The Kier molecular flexibility index (Phi) is 10.8. The van der Waals surface area contributed by atoms with Gasteiger partial charge in [-0.3, -0.25) is 4.79 Å². The first-order valence-electron chi connectivity index (χ1n) is 11.0. The Balaban J connectivity index is 0.00000408. The zero-order chi connectivity index (χ0) is 23.7. The van der Waals surface area contributed by atoms with Gasteiger partial charge in [-0.1, -0.05) is 0 Å². The summed E-state index contributed by atoms with van der Waals surface area (Å²) in [5.74, 6) is 2.51. The van der Waals surface area contributed by atoms with Gasteiger partial charge in [-0.15, -0.1) is 0 Å². The Morgan fingerprint density at radius 2 is 1.03 bits per heavy atom. The van der Waals surface area contributed by atoms with Gasteiger partial charge < -0.3 is 31.7 Å². The van der Waals surface area contributed by atoms with Crippen LogP contribution in [0.4, 0.5) is 0 Å². The highest BCUT2D eigenvalue weighted by molar-refractivity contribution is 7.96. The number of ether oxygens (including phenoxy) is 3. The first-order chi connectivity index (χ1) is 16.1. The molecule has 0 heterocycles. The second-order valence-corrected chi connectivity index (χ2v) is 11.3. The van der Waals surface area contributed by atoms with Gasteiger partial charge in [0.1, 0.15) is 46.6 Å². The molecule has 0 aromatic heterocycles. The van der Waals surface area contributed by atoms with Gasteiger partial charge in [0.05, 0.1) is 21.3 Å². The van der Waals surface area contributed by atoms with Gasteiger partial charge in [-0.25, -0.2) is 0 Å². The highest BCUT2D eigenvalue weighted by Gasteiger charge is 2.47. The zero-order valence-electron chi connectivity index (χ0n) is 19.9. The number of Topliss-reactive ketones (excluding diaryl/α,β-unsaturated/α-hetero) is 1. The smallest absolute Gasteiger partial charge is 0.171 e. The van der Waals surface area contributed by atoms with Gasteiger partial charge in [0.25, 0.3) is 0 Å². The van der Waals surface area contributed by atoms with E-state index in [1.807, 2.05) is 36.4 Å². The fourth-order valence-corrected chi connectivity index (χ4v) is 8.11. The number of unbranched alkanes of at least 4 members (excludes halogenated alkanes) is 1. The van der Waals surface area contributed by atoms with Crippen LogP contribution in [0.15, 0.2) is 72.8 Å². The molecule has 1 N–H and O–H groups in total. The third-order valence-electron chi connectivity index (χ3n) is 5.82. The predicted molar refractivity (Wildman–Crippen MR) is 136 cm³/mol. The minimum atomic E-state index is -2.33. The molecular formula is C27H32ClO5P. The molecule has 0 aliphatic carbocycles. The minimum absolute atomic E-state index is 0. The predicted octanol–water partition coefficient (Wildman–Crippen LogP) is 0.742. The van der Waals surface area contributed by atoms with Crippen molar-refractivity contribution in [3.05, 3.63) is 72.8 Å². The number of ketones is 1. The maximum Gasteiger partial charge on any atom is 0.171 e. The molecule has 7 heteroatoms. The summed E-state index contributed by atoms with van der Waals surface area (Å²) in [7, 11) is 2.62. The van der Waals surface area contributed by atoms with Crippen molar-refractivity contribution in [1.82, 2.24) is 0 Å². The summed E-state index contributed by atoms with van der Waals surface area (Å²) >= 11 is 0. The van der Waals surface area contributed by atoms with Crippen LogP contribution in [0.5, 0.6) is 17.2 Å². The molecule has 0 radical (unpaired) electrons. The normalized spacial score (nSPS) is 10.8. The lowest BCUT2D eigenvalue weighted by molar-refractivity contribution is -0.116. The lowest BCUT2D eigenvalue weighted by Gasteiger charge is -2.27. The van der Waals surface area contributed by atoms with E-state index in [2.05, 4.69) is 36.4 Å². The van der Waals surface area contributed by atoms with Gasteiger partial charge in [0, 0.05) is 13.0 Å². The van der Waals surface area contributed by atoms with E-state index in [0.29, 0.717) is 25.4 Å². The van der Waals surface area contributed by atoms with Gasteiger partial charge in [0.15, 0.2) is 5.78 Å². The van der Waals surface area contributed by atoms with Gasteiger partial charge in [-0.2, -0.15) is 0 Å². The highest BCUT2D eigenvalue weighted by atomic mass is 35.5. The molecule has 0 bridgehead atoms. The van der Waals surface area contributed by atoms with Crippen LogP contribution in [-0.4, -0.2) is 45.0 Å². The quantitative estimate of drug-likeness (QED) is 0.292. The van der Waals surface area contributed by atoms with E-state index in [9.17, 15) is 4.79 Å². The molecule has 0 spiro atoms. The van der Waals surface area contributed by atoms with Crippen molar-refractivity contribution >= 4 is 29.0 Å². The second-order valence-electron chi connectivity index (χ2n) is 7.78. The van der Waals surface area contributed by atoms with E-state index in [0.717, 1.165) is 33.2 Å². The summed E-state index contributed by atoms with van der Waals surface area (Å²) in [5.41, 5.74) is 0. The molecule has 3 aromatic rings. The number of carbonyl (C=O) groups excluding carboxylic acids is 1. The molecule has 3 aromatic carbocycles. The second kappa shape index (κ2) is 13.3. The van der Waals surface area contributed by atoms with Crippen molar-refractivity contribution in [3.63, 3.8) is 0 Å². The van der Waals surface area contributed by atoms with E-state index in [4.69, 9.17) is 19.3 Å². The molecule has 182 valence electrons. The fraction of sp³-hybridized carbons (Fsp3) is 0.296. The van der Waals surface area contributed by atoms with Crippen LogP contribution in [0.25, 0.3) is 0 Å². The molecule has 0 unspecified atom stereocenters. The lowest BCUT2D eigenvalue weighted by Crippen LogP contribution is -3.00. The number of hydrogen-bond donors (Lipinski definition) is 1. The van der Waals surface area contributed by atoms with Gasteiger partial charge in [-0.05, 0) is 85.6 Å². The summed E-state index contributed by atoms with van der Waals surface area (Å²) in [6, 6.07) is 24.1. The first kappa shape index (κ1) is 27.7. The van der Waals surface area contributed by atoms with Crippen molar-refractivity contribution in [2.75, 3.05) is 34.1 Å². The van der Waals surface area contributed by atoms with Crippen molar-refractivity contribution in [2.45, 2.75) is 19.3 Å². The van der Waals surface area contributed by atoms with Crippen molar-refractivity contribution in [1.29, 1.82) is 0 Å². The number of methoxy groups -OCH3 is 3. The van der Waals surface area contributed by atoms with Gasteiger partial charge >= 0.3 is 0 Å². The lowest BCUT2D eigenvalue weighted by atomic mass is 10.2. The molecule has 0 aliphatic heterocycles. The van der Waals surface area contributed by atoms with Gasteiger partial charge in [0.2, 0.25) is 0 Å². The van der Waals surface area contributed by atoms with Crippen molar-refractivity contribution in [2.24, 2.45) is 0 Å². The average Bonchev–Trinajstić information content (AvgIpc) is 2.88. The van der Waals surface area contributed by atoms with E-state index >= 15 is 0 Å². The first-order valence-corrected chi connectivity index (χ1v) is 13.0.